The third-order valence-electron chi connectivity index (χ3n) is 8.70. The maximum absolute atomic E-state index is 13.9. The fourth-order valence-electron chi connectivity index (χ4n) is 5.65. The maximum atomic E-state index is 13.9. The smallest absolute Gasteiger partial charge is 0.293 e. The van der Waals surface area contributed by atoms with E-state index in [0.717, 1.165) is 16.0 Å². The van der Waals surface area contributed by atoms with Crippen LogP contribution in [0, 0.1) is 11.8 Å². The molecule has 2 aromatic rings. The zero-order valence-electron chi connectivity index (χ0n) is 33.9. The van der Waals surface area contributed by atoms with Crippen molar-refractivity contribution in [1.29, 1.82) is 0 Å². The van der Waals surface area contributed by atoms with Gasteiger partial charge in [0, 0.05) is 19.4 Å². The summed E-state index contributed by atoms with van der Waals surface area (Å²) in [5.74, 6) is -4.99. The lowest BCUT2D eigenvalue weighted by molar-refractivity contribution is -0.147. The van der Waals surface area contributed by atoms with E-state index in [0.29, 0.717) is 0 Å². The molecule has 14 nitrogen and oxygen atoms in total. The van der Waals surface area contributed by atoms with Gasteiger partial charge in [-0.2, -0.15) is 11.0 Å². The Hall–Kier alpha value is -4.34. The number of Topliss-reactive ketones (excluding diaryl/α,β-unsaturated/α-hetero) is 3. The summed E-state index contributed by atoms with van der Waals surface area (Å²) in [7, 11) is 0. The fourth-order valence-corrected chi connectivity index (χ4v) is 5.65. The Balaban J connectivity index is 1.78. The van der Waals surface area contributed by atoms with E-state index in [9.17, 15) is 28.8 Å². The number of nitrogens with one attached hydrogen (secondary N) is 5. The van der Waals surface area contributed by atoms with Crippen molar-refractivity contribution in [3.63, 3.8) is 0 Å². The first kappa shape index (κ1) is 45.1. The van der Waals surface area contributed by atoms with Gasteiger partial charge < -0.3 is 15.5 Å². The van der Waals surface area contributed by atoms with Crippen molar-refractivity contribution in [2.75, 3.05) is 13.2 Å². The molecule has 1 heterocycles. The van der Waals surface area contributed by atoms with Crippen LogP contribution in [0.1, 0.15) is 80.4 Å². The molecule has 302 valence electrons. The average Bonchev–Trinajstić information content (AvgIpc) is 3.60. The predicted molar refractivity (Wildman–Crippen MR) is 208 cm³/mol. The second kappa shape index (κ2) is 20.0. The Morgan fingerprint density at radius 2 is 1.07 bits per heavy atom. The van der Waals surface area contributed by atoms with Crippen LogP contribution in [0.3, 0.4) is 0 Å². The number of rotatable bonds is 19. The van der Waals surface area contributed by atoms with Gasteiger partial charge in [0.2, 0.25) is 29.2 Å². The van der Waals surface area contributed by atoms with Gasteiger partial charge in [-0.15, -0.1) is 0 Å². The van der Waals surface area contributed by atoms with Crippen molar-refractivity contribution in [3.05, 3.63) is 71.8 Å². The van der Waals surface area contributed by atoms with Crippen molar-refractivity contribution < 1.29 is 38.4 Å². The SMILES string of the molecule is CC(C)[C@H](NOC(C)(C)C)C(=O)N[C@@H](Cc1ccccc1)C(=O)C(=O)C1CN(C(=O)C(=O)[C@H](Cc2ccccc2)NC(=O)[C@@H](NOC(C)(C)C)C(C)C)CN1. The second-order valence-electron chi connectivity index (χ2n) is 16.6. The molecule has 14 heteroatoms. The molecule has 0 radical (unpaired) electrons. The van der Waals surface area contributed by atoms with Crippen LogP contribution in [0.5, 0.6) is 0 Å². The molecule has 0 spiro atoms. The van der Waals surface area contributed by atoms with E-state index in [1.165, 1.54) is 0 Å². The summed E-state index contributed by atoms with van der Waals surface area (Å²) < 4.78 is 0. The molecule has 1 fully saturated rings. The normalized spacial score (nSPS) is 17.0. The van der Waals surface area contributed by atoms with Crippen molar-refractivity contribution in [1.82, 2.24) is 31.8 Å². The topological polar surface area (TPSA) is 184 Å². The van der Waals surface area contributed by atoms with Crippen LogP contribution in [-0.4, -0.2) is 94.6 Å². The minimum Gasteiger partial charge on any atom is -0.344 e. The van der Waals surface area contributed by atoms with Gasteiger partial charge >= 0.3 is 0 Å². The van der Waals surface area contributed by atoms with Crippen molar-refractivity contribution in [2.45, 2.75) is 123 Å². The molecule has 0 aromatic heterocycles. The number of nitrogens with zero attached hydrogens (tertiary/aromatic N) is 1. The van der Waals surface area contributed by atoms with Crippen LogP contribution in [0.25, 0.3) is 0 Å². The summed E-state index contributed by atoms with van der Waals surface area (Å²) in [6, 6.07) is 12.7. The van der Waals surface area contributed by atoms with Gasteiger partial charge in [0.25, 0.3) is 5.91 Å². The highest BCUT2D eigenvalue weighted by Gasteiger charge is 2.41. The Bertz CT molecular complexity index is 1500. The molecular weight excluding hydrogens is 704 g/mol. The van der Waals surface area contributed by atoms with Crippen LogP contribution in [0.15, 0.2) is 60.7 Å². The highest BCUT2D eigenvalue weighted by Crippen LogP contribution is 2.15. The number of hydrogen-bond acceptors (Lipinski definition) is 11. The largest absolute Gasteiger partial charge is 0.344 e. The van der Waals surface area contributed by atoms with Crippen LogP contribution in [-0.2, 0) is 51.3 Å². The minimum atomic E-state index is -1.23. The van der Waals surface area contributed by atoms with Crippen LogP contribution in [0.2, 0.25) is 0 Å². The summed E-state index contributed by atoms with van der Waals surface area (Å²) in [6.07, 6.45) is 0.0852. The summed E-state index contributed by atoms with van der Waals surface area (Å²) in [4.78, 5) is 94.7. The Morgan fingerprint density at radius 1 is 0.673 bits per heavy atom. The molecule has 0 aliphatic carbocycles. The first-order chi connectivity index (χ1) is 25.7. The van der Waals surface area contributed by atoms with Gasteiger partial charge in [-0.05, 0) is 64.5 Å². The van der Waals surface area contributed by atoms with Crippen LogP contribution >= 0.6 is 0 Å². The van der Waals surface area contributed by atoms with Crippen molar-refractivity contribution >= 4 is 35.1 Å². The molecule has 5 atom stereocenters. The summed E-state index contributed by atoms with van der Waals surface area (Å²) in [5, 5.41) is 8.41. The molecule has 5 N–H and O–H groups in total. The highest BCUT2D eigenvalue weighted by molar-refractivity contribution is 6.42. The predicted octanol–water partition coefficient (Wildman–Crippen LogP) is 2.60. The van der Waals surface area contributed by atoms with Crippen LogP contribution < -0.4 is 26.9 Å². The zero-order valence-corrected chi connectivity index (χ0v) is 33.9. The summed E-state index contributed by atoms with van der Waals surface area (Å²) in [5.41, 5.74) is 5.87. The maximum Gasteiger partial charge on any atom is 0.293 e. The molecule has 0 bridgehead atoms. The van der Waals surface area contributed by atoms with Gasteiger partial charge in [0.15, 0.2) is 0 Å². The number of amides is 3. The Labute approximate surface area is 325 Å². The van der Waals surface area contributed by atoms with E-state index in [1.807, 2.05) is 81.4 Å². The molecule has 1 unspecified atom stereocenters. The number of hydroxylamine groups is 2. The molecular formula is C41H60N6O8. The highest BCUT2D eigenvalue weighted by atomic mass is 16.7. The van der Waals surface area contributed by atoms with Crippen molar-refractivity contribution in [2.24, 2.45) is 11.8 Å². The summed E-state index contributed by atoms with van der Waals surface area (Å²) in [6.45, 7) is 17.8. The molecule has 1 aliphatic heterocycles. The number of carbonyl (C=O) groups is 6. The molecule has 1 aliphatic rings. The molecule has 3 amide bonds. The standard InChI is InChI=1S/C41H60N6O8/c1-25(2)32(45-54-40(5,6)7)37(51)43-29(21-27-17-13-11-14-18-27)34(48)35(49)31-23-47(24-42-31)39(53)36(50)30(22-28-19-15-12-16-20-28)44-38(52)33(26(3)4)46-55-41(8,9)10/h11-20,25-26,29-33,42,45-46H,21-24H2,1-10H3,(H,43,51)(H,44,52)/t29-,30-,31?,32-,33-/m0/s1. The van der Waals surface area contributed by atoms with Gasteiger partial charge in [-0.25, -0.2) is 0 Å². The molecule has 1 saturated heterocycles. The van der Waals surface area contributed by atoms with Gasteiger partial charge in [-0.1, -0.05) is 88.4 Å². The van der Waals surface area contributed by atoms with Crippen molar-refractivity contribution in [3.8, 4) is 0 Å². The lowest BCUT2D eigenvalue weighted by atomic mass is 9.95. The van der Waals surface area contributed by atoms with Gasteiger partial charge in [-0.3, -0.25) is 43.8 Å². The number of hydrogen-bond donors (Lipinski definition) is 5. The minimum absolute atomic E-state index is 0.0398. The fraction of sp³-hybridized carbons (Fsp3) is 0.561. The average molecular weight is 765 g/mol. The third kappa shape index (κ3) is 14.4. The lowest BCUT2D eigenvalue weighted by Crippen LogP contribution is -2.56. The van der Waals surface area contributed by atoms with E-state index in [4.69, 9.17) is 9.68 Å². The zero-order chi connectivity index (χ0) is 41.1. The first-order valence-electron chi connectivity index (χ1n) is 18.9. The van der Waals surface area contributed by atoms with E-state index in [1.54, 1.807) is 48.5 Å². The summed E-state index contributed by atoms with van der Waals surface area (Å²) >= 11 is 0. The first-order valence-corrected chi connectivity index (χ1v) is 18.9. The molecule has 0 saturated carbocycles. The van der Waals surface area contributed by atoms with E-state index in [-0.39, 0.29) is 37.9 Å². The molecule has 55 heavy (non-hydrogen) atoms. The lowest BCUT2D eigenvalue weighted by Gasteiger charge is -2.28. The van der Waals surface area contributed by atoms with Crippen LogP contribution in [0.4, 0.5) is 0 Å². The third-order valence-corrected chi connectivity index (χ3v) is 8.70. The monoisotopic (exact) mass is 764 g/mol. The number of benzene rings is 2. The Kier molecular flexibility index (Phi) is 16.4. The number of ketones is 3. The van der Waals surface area contributed by atoms with E-state index < -0.39 is 76.5 Å². The van der Waals surface area contributed by atoms with Gasteiger partial charge in [0.05, 0.1) is 30.0 Å². The molecule has 2 aromatic carbocycles. The molecule has 3 rings (SSSR count). The van der Waals surface area contributed by atoms with E-state index in [2.05, 4.69) is 26.9 Å². The van der Waals surface area contributed by atoms with Gasteiger partial charge in [0.1, 0.15) is 18.1 Å². The number of carbonyl (C=O) groups excluding carboxylic acids is 6. The second-order valence-corrected chi connectivity index (χ2v) is 16.6. The Morgan fingerprint density at radius 3 is 1.45 bits per heavy atom. The quantitative estimate of drug-likeness (QED) is 0.105. The van der Waals surface area contributed by atoms with E-state index >= 15 is 0 Å².